The minimum absolute atomic E-state index is 0.0114. The van der Waals surface area contributed by atoms with Gasteiger partial charge in [0.15, 0.2) is 0 Å². The van der Waals surface area contributed by atoms with Crippen molar-refractivity contribution in [1.82, 2.24) is 20.4 Å². The minimum Gasteiger partial charge on any atom is -0.352 e. The lowest BCUT2D eigenvalue weighted by Gasteiger charge is -2.45. The molecule has 0 aromatic heterocycles. The fourth-order valence-corrected chi connectivity index (χ4v) is 6.51. The van der Waals surface area contributed by atoms with E-state index in [9.17, 15) is 14.0 Å². The number of amides is 2. The van der Waals surface area contributed by atoms with Crippen LogP contribution in [0.1, 0.15) is 65.7 Å². The lowest BCUT2D eigenvalue weighted by molar-refractivity contribution is -0.134. The van der Waals surface area contributed by atoms with E-state index >= 15 is 0 Å². The number of alkyl halides is 1. The van der Waals surface area contributed by atoms with Crippen molar-refractivity contribution in [2.45, 2.75) is 102 Å². The van der Waals surface area contributed by atoms with Gasteiger partial charge in [-0.15, -0.1) is 0 Å². The van der Waals surface area contributed by atoms with E-state index in [1.54, 1.807) is 6.92 Å². The van der Waals surface area contributed by atoms with Crippen LogP contribution in [0.4, 0.5) is 4.39 Å². The van der Waals surface area contributed by atoms with E-state index in [-0.39, 0.29) is 41.9 Å². The number of nitrogens with one attached hydrogen (secondary N) is 2. The Kier molecular flexibility index (Phi) is 6.68. The van der Waals surface area contributed by atoms with Crippen LogP contribution >= 0.6 is 0 Å². The van der Waals surface area contributed by atoms with Crippen LogP contribution in [-0.4, -0.2) is 77.6 Å². The van der Waals surface area contributed by atoms with Gasteiger partial charge < -0.3 is 15.5 Å². The van der Waals surface area contributed by atoms with Gasteiger partial charge in [0.25, 0.3) is 0 Å². The Balaban J connectivity index is 1.29. The Bertz CT molecular complexity index is 629. The molecule has 8 unspecified atom stereocenters. The zero-order valence-corrected chi connectivity index (χ0v) is 18.8. The molecule has 2 aliphatic heterocycles. The first-order chi connectivity index (χ1) is 14.3. The molecule has 2 heterocycles. The van der Waals surface area contributed by atoms with Gasteiger partial charge in [0.05, 0.1) is 6.04 Å². The molecule has 4 rings (SSSR count). The molecule has 6 nitrogen and oxygen atoms in total. The largest absolute Gasteiger partial charge is 0.352 e. The first-order valence-electron chi connectivity index (χ1n) is 12.0. The Morgan fingerprint density at radius 3 is 2.57 bits per heavy atom. The predicted molar refractivity (Wildman–Crippen MR) is 115 cm³/mol. The summed E-state index contributed by atoms with van der Waals surface area (Å²) in [5.41, 5.74) is 0. The van der Waals surface area contributed by atoms with Crippen molar-refractivity contribution in [1.29, 1.82) is 0 Å². The van der Waals surface area contributed by atoms with Gasteiger partial charge in [0.2, 0.25) is 11.8 Å². The summed E-state index contributed by atoms with van der Waals surface area (Å²) in [7, 11) is 0. The predicted octanol–water partition coefficient (Wildman–Crippen LogP) is 2.08. The molecule has 8 atom stereocenters. The van der Waals surface area contributed by atoms with Gasteiger partial charge in [-0.1, -0.05) is 6.92 Å². The van der Waals surface area contributed by atoms with Crippen LogP contribution in [0.3, 0.4) is 0 Å². The Morgan fingerprint density at radius 1 is 1.07 bits per heavy atom. The number of hydrogen-bond donors (Lipinski definition) is 2. The van der Waals surface area contributed by atoms with Crippen LogP contribution in [-0.2, 0) is 9.59 Å². The second kappa shape index (κ2) is 9.11. The summed E-state index contributed by atoms with van der Waals surface area (Å²) in [5, 5.41) is 6.75. The summed E-state index contributed by atoms with van der Waals surface area (Å²) >= 11 is 0. The molecule has 0 spiro atoms. The van der Waals surface area contributed by atoms with Gasteiger partial charge in [-0.05, 0) is 57.8 Å². The van der Waals surface area contributed by atoms with Crippen LogP contribution < -0.4 is 10.6 Å². The second-order valence-corrected chi connectivity index (χ2v) is 10.3. The lowest BCUT2D eigenvalue weighted by Crippen LogP contribution is -2.58. The number of rotatable bonds is 3. The van der Waals surface area contributed by atoms with Gasteiger partial charge in [0, 0.05) is 56.6 Å². The molecule has 2 saturated heterocycles. The van der Waals surface area contributed by atoms with Crippen molar-refractivity contribution in [3.8, 4) is 0 Å². The maximum atomic E-state index is 14.4. The minimum atomic E-state index is -0.772. The standard InChI is InChI=1S/C23H39FN4O2/c1-14-7-8-20(24)19-12-21(26-22(14)19)23(30)25-17-5-4-6-18(11-17)27-9-10-28(16(3)29)15(2)13-27/h14-15,17-22,26H,4-13H2,1-3H3,(H,25,30). The topological polar surface area (TPSA) is 64.7 Å². The van der Waals surface area contributed by atoms with E-state index in [0.717, 1.165) is 51.7 Å². The fourth-order valence-electron chi connectivity index (χ4n) is 6.51. The number of halogens is 1. The lowest BCUT2D eigenvalue weighted by atomic mass is 9.77. The third-order valence-electron chi connectivity index (χ3n) is 8.23. The van der Waals surface area contributed by atoms with Gasteiger partial charge in [-0.3, -0.25) is 14.5 Å². The number of nitrogens with zero attached hydrogens (tertiary/aromatic N) is 2. The SMILES string of the molecule is CC(=O)N1CCN(C2CCCC(NC(=O)C3CC4C(F)CCC(C)C4N3)C2)CC1C. The highest BCUT2D eigenvalue weighted by Crippen LogP contribution is 2.38. The van der Waals surface area contributed by atoms with Crippen LogP contribution in [0.25, 0.3) is 0 Å². The van der Waals surface area contributed by atoms with Crippen LogP contribution in [0, 0.1) is 11.8 Å². The van der Waals surface area contributed by atoms with Crippen molar-refractivity contribution in [2.75, 3.05) is 19.6 Å². The molecule has 2 N–H and O–H groups in total. The molecule has 4 aliphatic rings. The molecule has 0 radical (unpaired) electrons. The first-order valence-corrected chi connectivity index (χ1v) is 12.0. The van der Waals surface area contributed by atoms with Crippen molar-refractivity contribution in [3.05, 3.63) is 0 Å². The average molecular weight is 423 g/mol. The fraction of sp³-hybridized carbons (Fsp3) is 0.913. The molecule has 2 saturated carbocycles. The van der Waals surface area contributed by atoms with Crippen LogP contribution in [0.5, 0.6) is 0 Å². The molecular weight excluding hydrogens is 383 g/mol. The van der Waals surface area contributed by atoms with Gasteiger partial charge in [-0.2, -0.15) is 0 Å². The molecule has 4 fully saturated rings. The van der Waals surface area contributed by atoms with E-state index in [2.05, 4.69) is 29.4 Å². The number of fused-ring (bicyclic) bond motifs is 1. The molecule has 0 aromatic rings. The Morgan fingerprint density at radius 2 is 1.87 bits per heavy atom. The van der Waals surface area contributed by atoms with E-state index in [0.29, 0.717) is 24.8 Å². The van der Waals surface area contributed by atoms with E-state index in [4.69, 9.17) is 0 Å². The van der Waals surface area contributed by atoms with E-state index in [1.165, 1.54) is 0 Å². The number of carbonyl (C=O) groups is 2. The Labute approximate surface area is 180 Å². The van der Waals surface area contributed by atoms with E-state index < -0.39 is 6.17 Å². The summed E-state index contributed by atoms with van der Waals surface area (Å²) in [5.74, 6) is 0.645. The Hall–Kier alpha value is -1.21. The average Bonchev–Trinajstić information content (AvgIpc) is 3.18. The van der Waals surface area contributed by atoms with Crippen LogP contribution in [0.15, 0.2) is 0 Å². The van der Waals surface area contributed by atoms with Crippen molar-refractivity contribution >= 4 is 11.8 Å². The van der Waals surface area contributed by atoms with Crippen molar-refractivity contribution in [3.63, 3.8) is 0 Å². The quantitative estimate of drug-likeness (QED) is 0.731. The molecule has 7 heteroatoms. The summed E-state index contributed by atoms with van der Waals surface area (Å²) in [6, 6.07) is 0.796. The molecule has 30 heavy (non-hydrogen) atoms. The summed E-state index contributed by atoms with van der Waals surface area (Å²) in [4.78, 5) is 29.2. The van der Waals surface area contributed by atoms with Gasteiger partial charge in [0.1, 0.15) is 6.17 Å². The maximum Gasteiger partial charge on any atom is 0.237 e. The van der Waals surface area contributed by atoms with Crippen LogP contribution in [0.2, 0.25) is 0 Å². The molecule has 2 aliphatic carbocycles. The van der Waals surface area contributed by atoms with E-state index in [1.807, 2.05) is 4.90 Å². The zero-order valence-electron chi connectivity index (χ0n) is 18.8. The third kappa shape index (κ3) is 4.52. The number of hydrogen-bond acceptors (Lipinski definition) is 4. The van der Waals surface area contributed by atoms with Gasteiger partial charge >= 0.3 is 0 Å². The van der Waals surface area contributed by atoms with Gasteiger partial charge in [-0.25, -0.2) is 4.39 Å². The molecular formula is C23H39FN4O2. The number of piperazine rings is 1. The zero-order chi connectivity index (χ0) is 21.4. The maximum absolute atomic E-state index is 14.4. The first kappa shape index (κ1) is 22.0. The summed E-state index contributed by atoms with van der Waals surface area (Å²) in [6.45, 7) is 8.57. The molecule has 0 bridgehead atoms. The monoisotopic (exact) mass is 422 g/mol. The highest BCUT2D eigenvalue weighted by atomic mass is 19.1. The number of carbonyl (C=O) groups excluding carboxylic acids is 2. The molecule has 0 aromatic carbocycles. The second-order valence-electron chi connectivity index (χ2n) is 10.3. The summed E-state index contributed by atoms with van der Waals surface area (Å²) < 4.78 is 14.4. The highest BCUT2D eigenvalue weighted by Gasteiger charge is 2.46. The molecule has 170 valence electrons. The van der Waals surface area contributed by atoms with Crippen molar-refractivity contribution < 1.29 is 14.0 Å². The third-order valence-corrected chi connectivity index (χ3v) is 8.23. The summed E-state index contributed by atoms with van der Waals surface area (Å²) in [6.07, 6.45) is 5.67. The smallest absolute Gasteiger partial charge is 0.237 e. The molecule has 2 amide bonds. The van der Waals surface area contributed by atoms with Crippen molar-refractivity contribution in [2.24, 2.45) is 11.8 Å². The highest BCUT2D eigenvalue weighted by molar-refractivity contribution is 5.82. The normalized spacial score (nSPS) is 42.6.